The molecule has 0 amide bonds. The molecule has 1 N–H and O–H groups in total. The van der Waals surface area contributed by atoms with E-state index in [1.165, 1.54) is 0 Å². The predicted molar refractivity (Wildman–Crippen MR) is 108 cm³/mol. The van der Waals surface area contributed by atoms with Gasteiger partial charge in [-0.2, -0.15) is 0 Å². The van der Waals surface area contributed by atoms with E-state index in [2.05, 4.69) is 5.32 Å². The van der Waals surface area contributed by atoms with Crippen LogP contribution in [0.2, 0.25) is 0 Å². The van der Waals surface area contributed by atoms with Gasteiger partial charge in [0.25, 0.3) is 0 Å². The normalized spacial score (nSPS) is 21.6. The van der Waals surface area contributed by atoms with Gasteiger partial charge in [-0.3, -0.25) is 10.1 Å². The summed E-state index contributed by atoms with van der Waals surface area (Å²) in [7, 11) is 0. The quantitative estimate of drug-likeness (QED) is 0.619. The van der Waals surface area contributed by atoms with Crippen LogP contribution in [0, 0.1) is 0 Å². The monoisotopic (exact) mass is 375 g/mol. The second kappa shape index (κ2) is 8.05. The van der Waals surface area contributed by atoms with Crippen LogP contribution in [0.5, 0.6) is 0 Å². The molecule has 4 heteroatoms. The number of carbonyl (C=O) groups is 1. The van der Waals surface area contributed by atoms with E-state index < -0.39 is 6.67 Å². The van der Waals surface area contributed by atoms with Gasteiger partial charge >= 0.3 is 0 Å². The lowest BCUT2D eigenvalue weighted by Crippen LogP contribution is -2.29. The van der Waals surface area contributed by atoms with Crippen LogP contribution in [0.15, 0.2) is 78.9 Å². The zero-order valence-electron chi connectivity index (χ0n) is 15.6. The van der Waals surface area contributed by atoms with Crippen LogP contribution in [0.4, 0.5) is 4.39 Å². The Hall–Kier alpha value is -2.82. The summed E-state index contributed by atoms with van der Waals surface area (Å²) in [6.45, 7) is 1.06. The number of hydrogen-bond donors (Lipinski definition) is 1. The molecule has 1 fully saturated rings. The fourth-order valence-corrected chi connectivity index (χ4v) is 3.56. The molecule has 28 heavy (non-hydrogen) atoms. The Balaban J connectivity index is 1.53. The maximum Gasteiger partial charge on any atom is 0.159 e. The summed E-state index contributed by atoms with van der Waals surface area (Å²) in [6.07, 6.45) is -0.657. The zero-order valence-corrected chi connectivity index (χ0v) is 15.6. The summed E-state index contributed by atoms with van der Waals surface area (Å²) < 4.78 is 19.7. The van der Waals surface area contributed by atoms with Gasteiger partial charge in [0.05, 0.1) is 6.04 Å². The topological polar surface area (TPSA) is 38.3 Å². The molecule has 1 heterocycles. The van der Waals surface area contributed by atoms with Gasteiger partial charge in [0.2, 0.25) is 0 Å². The average Bonchev–Trinajstić information content (AvgIpc) is 3.19. The van der Waals surface area contributed by atoms with Gasteiger partial charge in [0.15, 0.2) is 5.78 Å². The van der Waals surface area contributed by atoms with Crippen LogP contribution in [0.1, 0.15) is 40.7 Å². The van der Waals surface area contributed by atoms with Crippen molar-refractivity contribution in [1.82, 2.24) is 5.32 Å². The van der Waals surface area contributed by atoms with Crippen molar-refractivity contribution in [2.45, 2.75) is 25.3 Å². The first kappa shape index (κ1) is 18.5. The third-order valence-corrected chi connectivity index (χ3v) is 5.15. The van der Waals surface area contributed by atoms with Crippen molar-refractivity contribution in [2.75, 3.05) is 6.67 Å². The maximum absolute atomic E-state index is 13.6. The number of alkyl halides is 1. The molecule has 3 atom stereocenters. The van der Waals surface area contributed by atoms with Crippen molar-refractivity contribution in [1.29, 1.82) is 0 Å². The molecule has 0 bridgehead atoms. The molecule has 3 aromatic carbocycles. The maximum atomic E-state index is 13.6. The Labute approximate surface area is 164 Å². The highest BCUT2D eigenvalue weighted by atomic mass is 19.1. The lowest BCUT2D eigenvalue weighted by Gasteiger charge is -2.16. The van der Waals surface area contributed by atoms with Crippen LogP contribution < -0.4 is 5.32 Å². The van der Waals surface area contributed by atoms with Gasteiger partial charge in [0, 0.05) is 5.56 Å². The van der Waals surface area contributed by atoms with Gasteiger partial charge in [-0.25, -0.2) is 4.39 Å². The largest absolute Gasteiger partial charge is 0.349 e. The van der Waals surface area contributed by atoms with Crippen LogP contribution in [0.25, 0.3) is 11.1 Å². The number of halogens is 1. The number of Topliss-reactive ketones (excluding diaryl/α,β-unsaturated/α-hetero) is 1. The molecule has 1 aliphatic rings. The highest BCUT2D eigenvalue weighted by Gasteiger charge is 2.36. The van der Waals surface area contributed by atoms with Crippen LogP contribution in [0.3, 0.4) is 0 Å². The first-order valence-electron chi connectivity index (χ1n) is 9.39. The Kier molecular flexibility index (Phi) is 5.33. The Bertz CT molecular complexity index is 939. The van der Waals surface area contributed by atoms with E-state index in [1.807, 2.05) is 78.9 Å². The molecule has 0 aliphatic carbocycles. The summed E-state index contributed by atoms with van der Waals surface area (Å²) in [5.74, 6) is 0.0537. The van der Waals surface area contributed by atoms with Crippen LogP contribution in [-0.2, 0) is 4.74 Å². The highest BCUT2D eigenvalue weighted by molar-refractivity contribution is 5.94. The lowest BCUT2D eigenvalue weighted by molar-refractivity contribution is 0.0341. The van der Waals surface area contributed by atoms with E-state index in [4.69, 9.17) is 4.74 Å². The van der Waals surface area contributed by atoms with Crippen molar-refractivity contribution in [2.24, 2.45) is 0 Å². The third-order valence-electron chi connectivity index (χ3n) is 5.15. The number of benzene rings is 3. The molecule has 3 unspecified atom stereocenters. The molecule has 3 aromatic rings. The number of ether oxygens (including phenoxy) is 1. The summed E-state index contributed by atoms with van der Waals surface area (Å²) in [5, 5.41) is 3.24. The smallest absolute Gasteiger partial charge is 0.159 e. The average molecular weight is 375 g/mol. The number of rotatable bonds is 5. The summed E-state index contributed by atoms with van der Waals surface area (Å²) >= 11 is 0. The second-order valence-electron chi connectivity index (χ2n) is 7.03. The van der Waals surface area contributed by atoms with Crippen molar-refractivity contribution < 1.29 is 13.9 Å². The minimum Gasteiger partial charge on any atom is -0.349 e. The third kappa shape index (κ3) is 3.75. The van der Waals surface area contributed by atoms with Gasteiger partial charge in [0.1, 0.15) is 19.0 Å². The van der Waals surface area contributed by atoms with Gasteiger partial charge in [-0.05, 0) is 29.2 Å². The predicted octanol–water partition coefficient (Wildman–Crippen LogP) is 5.25. The van der Waals surface area contributed by atoms with E-state index in [-0.39, 0.29) is 24.2 Å². The lowest BCUT2D eigenvalue weighted by atomic mass is 9.98. The molecule has 0 saturated carbocycles. The first-order valence-corrected chi connectivity index (χ1v) is 9.39. The van der Waals surface area contributed by atoms with Crippen molar-refractivity contribution in [3.05, 3.63) is 95.6 Å². The minimum absolute atomic E-state index is 0.0537. The molecule has 1 aliphatic heterocycles. The summed E-state index contributed by atoms with van der Waals surface area (Å²) in [6, 6.07) is 24.9. The molecule has 142 valence electrons. The zero-order chi connectivity index (χ0) is 19.5. The van der Waals surface area contributed by atoms with E-state index in [0.717, 1.165) is 22.3 Å². The molecular formula is C24H22FNO2. The van der Waals surface area contributed by atoms with E-state index >= 15 is 0 Å². The van der Waals surface area contributed by atoms with E-state index in [0.29, 0.717) is 5.56 Å². The number of ketones is 1. The summed E-state index contributed by atoms with van der Waals surface area (Å²) in [4.78, 5) is 11.4. The van der Waals surface area contributed by atoms with E-state index in [1.54, 1.807) is 6.92 Å². The van der Waals surface area contributed by atoms with Gasteiger partial charge in [-0.1, -0.05) is 78.9 Å². The highest BCUT2D eigenvalue weighted by Crippen LogP contribution is 2.36. The fourth-order valence-electron chi connectivity index (χ4n) is 3.56. The summed E-state index contributed by atoms with van der Waals surface area (Å²) in [5.41, 5.74) is 4.71. The van der Waals surface area contributed by atoms with Crippen molar-refractivity contribution in [3.8, 4) is 11.1 Å². The molecule has 0 radical (unpaired) electrons. The first-order chi connectivity index (χ1) is 13.7. The number of carbonyl (C=O) groups excluding carboxylic acids is 1. The SMILES string of the molecule is CC(=O)c1ccc(-c2ccc(C3OC(c4ccccc4)NC3CF)cc2)cc1. The standard InChI is InChI=1S/C24H22FNO2/c1-16(27)17-7-9-18(10-8-17)19-11-13-20(14-12-19)23-22(15-25)26-24(28-23)21-5-3-2-4-6-21/h2-14,22-24,26H,15H2,1H3. The second-order valence-corrected chi connectivity index (χ2v) is 7.03. The molecule has 4 rings (SSSR count). The van der Waals surface area contributed by atoms with Crippen LogP contribution >= 0.6 is 0 Å². The molecule has 1 saturated heterocycles. The minimum atomic E-state index is -0.498. The molecular weight excluding hydrogens is 353 g/mol. The molecule has 0 aromatic heterocycles. The van der Waals surface area contributed by atoms with Gasteiger partial charge < -0.3 is 4.74 Å². The van der Waals surface area contributed by atoms with Crippen molar-refractivity contribution >= 4 is 5.78 Å². The number of nitrogens with one attached hydrogen (secondary N) is 1. The number of hydrogen-bond acceptors (Lipinski definition) is 3. The molecule has 0 spiro atoms. The van der Waals surface area contributed by atoms with Crippen molar-refractivity contribution in [3.63, 3.8) is 0 Å². The fraction of sp³-hybridized carbons (Fsp3) is 0.208. The van der Waals surface area contributed by atoms with Crippen LogP contribution in [-0.4, -0.2) is 18.5 Å². The Morgan fingerprint density at radius 2 is 1.50 bits per heavy atom. The Morgan fingerprint density at radius 3 is 2.07 bits per heavy atom. The Morgan fingerprint density at radius 1 is 0.893 bits per heavy atom. The molecule has 3 nitrogen and oxygen atoms in total. The van der Waals surface area contributed by atoms with E-state index in [9.17, 15) is 9.18 Å². The van der Waals surface area contributed by atoms with Gasteiger partial charge in [-0.15, -0.1) is 0 Å².